The molecule has 2 N–H and O–H groups in total. The van der Waals surface area contributed by atoms with E-state index in [0.29, 0.717) is 17.7 Å². The lowest BCUT2D eigenvalue weighted by molar-refractivity contribution is -0.120. The molecule has 0 spiro atoms. The first-order chi connectivity index (χ1) is 14.0. The zero-order valence-electron chi connectivity index (χ0n) is 16.6. The molecule has 2 heterocycles. The minimum Gasteiger partial charge on any atom is -0.478 e. The van der Waals surface area contributed by atoms with Crippen LogP contribution in [-0.2, 0) is 4.79 Å². The minimum absolute atomic E-state index is 0.0838. The topological polar surface area (TPSA) is 98.7 Å². The molecule has 0 unspecified atom stereocenters. The fourth-order valence-electron chi connectivity index (χ4n) is 4.27. The fourth-order valence-corrected chi connectivity index (χ4v) is 4.27. The van der Waals surface area contributed by atoms with Crippen molar-refractivity contribution < 1.29 is 14.7 Å². The molecule has 1 amide bonds. The first kappa shape index (κ1) is 19.2. The van der Waals surface area contributed by atoms with E-state index in [4.69, 9.17) is 10.1 Å². The Morgan fingerprint density at radius 1 is 1.24 bits per heavy atom. The Bertz CT molecular complexity index is 924. The molecular formula is C21H25N5O3. The van der Waals surface area contributed by atoms with Gasteiger partial charge in [-0.25, -0.2) is 9.78 Å². The Morgan fingerprint density at radius 2 is 1.93 bits per heavy atom. The number of amides is 1. The Balaban J connectivity index is 1.68. The number of likely N-dealkylation sites (N-methyl/N-ethyl adjacent to an activating group) is 1. The molecule has 0 saturated heterocycles. The van der Waals surface area contributed by atoms with Crippen LogP contribution in [0.15, 0.2) is 30.5 Å². The van der Waals surface area contributed by atoms with Crippen molar-refractivity contribution in [3.63, 3.8) is 0 Å². The molecule has 152 valence electrons. The smallest absolute Gasteiger partial charge is 0.335 e. The monoisotopic (exact) mass is 395 g/mol. The second-order valence-electron chi connectivity index (χ2n) is 7.58. The van der Waals surface area contributed by atoms with Gasteiger partial charge in [0.05, 0.1) is 11.8 Å². The highest BCUT2D eigenvalue weighted by Crippen LogP contribution is 2.39. The number of benzene rings is 1. The number of carboxylic acid groups (broad SMARTS) is 1. The van der Waals surface area contributed by atoms with Crippen LogP contribution in [-0.4, -0.2) is 46.1 Å². The van der Waals surface area contributed by atoms with Crippen LogP contribution < -0.4 is 15.1 Å². The van der Waals surface area contributed by atoms with Gasteiger partial charge < -0.3 is 20.2 Å². The van der Waals surface area contributed by atoms with E-state index in [1.165, 1.54) is 25.0 Å². The lowest BCUT2D eigenvalue weighted by atomic mass is 10.0. The van der Waals surface area contributed by atoms with Crippen LogP contribution in [0.4, 0.5) is 23.1 Å². The lowest BCUT2D eigenvalue weighted by Crippen LogP contribution is -2.55. The number of aromatic nitrogens is 2. The molecule has 0 radical (unpaired) electrons. The van der Waals surface area contributed by atoms with E-state index in [0.717, 1.165) is 30.8 Å². The number of aromatic carboxylic acids is 1. The maximum absolute atomic E-state index is 12.9. The molecule has 1 aromatic heterocycles. The molecule has 8 heteroatoms. The van der Waals surface area contributed by atoms with Gasteiger partial charge in [-0.3, -0.25) is 4.79 Å². The molecule has 29 heavy (non-hydrogen) atoms. The van der Waals surface area contributed by atoms with Crippen LogP contribution in [0.25, 0.3) is 0 Å². The summed E-state index contributed by atoms with van der Waals surface area (Å²) in [7, 11) is 1.77. The van der Waals surface area contributed by atoms with E-state index < -0.39 is 5.97 Å². The normalized spacial score (nSPS) is 19.4. The van der Waals surface area contributed by atoms with Crippen LogP contribution in [0.1, 0.15) is 49.4 Å². The summed E-state index contributed by atoms with van der Waals surface area (Å²) in [5.74, 6) is 0.325. The van der Waals surface area contributed by atoms with Gasteiger partial charge in [-0.05, 0) is 43.5 Å². The predicted molar refractivity (Wildman–Crippen MR) is 111 cm³/mol. The van der Waals surface area contributed by atoms with Gasteiger partial charge >= 0.3 is 5.97 Å². The maximum atomic E-state index is 12.9. The summed E-state index contributed by atoms with van der Waals surface area (Å²) in [4.78, 5) is 36.9. The van der Waals surface area contributed by atoms with Crippen molar-refractivity contribution in [1.29, 1.82) is 0 Å². The molecule has 1 saturated carbocycles. The Labute approximate surface area is 169 Å². The molecule has 0 bridgehead atoms. The third kappa shape index (κ3) is 3.50. The van der Waals surface area contributed by atoms with Crippen LogP contribution >= 0.6 is 0 Å². The number of fused-ring (bicyclic) bond motifs is 1. The first-order valence-corrected chi connectivity index (χ1v) is 10.0. The van der Waals surface area contributed by atoms with Gasteiger partial charge in [-0.2, -0.15) is 4.98 Å². The summed E-state index contributed by atoms with van der Waals surface area (Å²) in [6.45, 7) is 2.04. The quantitative estimate of drug-likeness (QED) is 0.800. The summed E-state index contributed by atoms with van der Waals surface area (Å²) in [5, 5.41) is 12.2. The fraction of sp³-hybridized carbons (Fsp3) is 0.429. The van der Waals surface area contributed by atoms with Crippen LogP contribution in [0.3, 0.4) is 0 Å². The molecule has 8 nitrogen and oxygen atoms in total. The molecule has 4 rings (SSSR count). The summed E-state index contributed by atoms with van der Waals surface area (Å²) < 4.78 is 0. The van der Waals surface area contributed by atoms with Crippen molar-refractivity contribution in [3.05, 3.63) is 36.0 Å². The largest absolute Gasteiger partial charge is 0.478 e. The average Bonchev–Trinajstić information content (AvgIpc) is 3.25. The van der Waals surface area contributed by atoms with Gasteiger partial charge in [0.2, 0.25) is 11.9 Å². The van der Waals surface area contributed by atoms with Crippen LogP contribution in [0.5, 0.6) is 0 Å². The van der Waals surface area contributed by atoms with Crippen molar-refractivity contribution in [2.75, 3.05) is 22.2 Å². The van der Waals surface area contributed by atoms with Crippen molar-refractivity contribution in [2.45, 2.75) is 51.1 Å². The molecule has 1 fully saturated rings. The Morgan fingerprint density at radius 3 is 2.55 bits per heavy atom. The summed E-state index contributed by atoms with van der Waals surface area (Å²) >= 11 is 0. The molecule has 1 aliphatic heterocycles. The molecule has 2 aromatic rings. The second-order valence-corrected chi connectivity index (χ2v) is 7.58. The van der Waals surface area contributed by atoms with Gasteiger partial charge in [-0.15, -0.1) is 0 Å². The highest BCUT2D eigenvalue weighted by Gasteiger charge is 2.41. The van der Waals surface area contributed by atoms with Crippen molar-refractivity contribution in [2.24, 2.45) is 0 Å². The Kier molecular flexibility index (Phi) is 5.08. The number of carbonyl (C=O) groups excluding carboxylic acids is 1. The number of anilines is 4. The SMILES string of the molecule is CC[C@@H]1C(=O)N(C)c2cnc(Nc3ccc(C(=O)O)cc3)nc2N1C1CCCC1. The van der Waals surface area contributed by atoms with Gasteiger partial charge in [0.15, 0.2) is 5.82 Å². The highest BCUT2D eigenvalue weighted by atomic mass is 16.4. The molecular weight excluding hydrogens is 370 g/mol. The zero-order chi connectivity index (χ0) is 20.5. The molecule has 1 aromatic carbocycles. The summed E-state index contributed by atoms with van der Waals surface area (Å²) in [6, 6.07) is 6.54. The number of carboxylic acids is 1. The van der Waals surface area contributed by atoms with E-state index in [1.807, 2.05) is 6.92 Å². The lowest BCUT2D eigenvalue weighted by Gasteiger charge is -2.43. The highest BCUT2D eigenvalue weighted by molar-refractivity contribution is 6.04. The van der Waals surface area contributed by atoms with Gasteiger partial charge in [-0.1, -0.05) is 19.8 Å². The number of rotatable bonds is 5. The third-order valence-electron chi connectivity index (χ3n) is 5.80. The minimum atomic E-state index is -0.966. The Hall–Kier alpha value is -3.16. The van der Waals surface area contributed by atoms with E-state index in [1.54, 1.807) is 30.3 Å². The van der Waals surface area contributed by atoms with Crippen molar-refractivity contribution in [1.82, 2.24) is 9.97 Å². The van der Waals surface area contributed by atoms with Crippen LogP contribution in [0, 0.1) is 0 Å². The number of nitrogens with zero attached hydrogens (tertiary/aromatic N) is 4. The van der Waals surface area contributed by atoms with E-state index >= 15 is 0 Å². The maximum Gasteiger partial charge on any atom is 0.335 e. The van der Waals surface area contributed by atoms with E-state index in [-0.39, 0.29) is 17.5 Å². The van der Waals surface area contributed by atoms with Crippen molar-refractivity contribution in [3.8, 4) is 0 Å². The predicted octanol–water partition coefficient (Wildman–Crippen LogP) is 3.42. The van der Waals surface area contributed by atoms with Crippen molar-refractivity contribution >= 4 is 35.0 Å². The van der Waals surface area contributed by atoms with Gasteiger partial charge in [0.1, 0.15) is 11.7 Å². The summed E-state index contributed by atoms with van der Waals surface area (Å²) in [6.07, 6.45) is 6.88. The van der Waals surface area contributed by atoms with Gasteiger partial charge in [0, 0.05) is 18.8 Å². The number of carbonyl (C=O) groups is 2. The number of nitrogens with one attached hydrogen (secondary N) is 1. The molecule has 1 atom stereocenters. The van der Waals surface area contributed by atoms with E-state index in [2.05, 4.69) is 15.2 Å². The molecule has 1 aliphatic carbocycles. The van der Waals surface area contributed by atoms with Gasteiger partial charge in [0.25, 0.3) is 0 Å². The second kappa shape index (κ2) is 7.69. The third-order valence-corrected chi connectivity index (χ3v) is 5.80. The average molecular weight is 395 g/mol. The zero-order valence-corrected chi connectivity index (χ0v) is 16.6. The number of hydrogen-bond acceptors (Lipinski definition) is 6. The summed E-state index contributed by atoms with van der Waals surface area (Å²) in [5.41, 5.74) is 1.65. The first-order valence-electron chi connectivity index (χ1n) is 10.0. The molecule has 2 aliphatic rings. The van der Waals surface area contributed by atoms with E-state index in [9.17, 15) is 9.59 Å². The van der Waals surface area contributed by atoms with Crippen LogP contribution in [0.2, 0.25) is 0 Å². The standard InChI is InChI=1S/C21H25N5O3/c1-3-16-19(27)25(2)17-12-22-21(23-14-10-8-13(9-11-14)20(28)29)24-18(17)26(16)15-6-4-5-7-15/h8-12,15-16H,3-7H2,1-2H3,(H,28,29)(H,22,23,24)/t16-/m1/s1. The number of hydrogen-bond donors (Lipinski definition) is 2.